The lowest BCUT2D eigenvalue weighted by molar-refractivity contribution is 0.0852. The van der Waals surface area contributed by atoms with E-state index >= 15 is 0 Å². The van der Waals surface area contributed by atoms with Crippen LogP contribution in [0.3, 0.4) is 0 Å². The van der Waals surface area contributed by atoms with Crippen molar-refractivity contribution in [2.24, 2.45) is 10.9 Å². The maximum Gasteiger partial charge on any atom is 0.257 e. The van der Waals surface area contributed by atoms with E-state index in [9.17, 15) is 4.79 Å². The van der Waals surface area contributed by atoms with Gasteiger partial charge in [-0.2, -0.15) is 9.78 Å². The summed E-state index contributed by atoms with van der Waals surface area (Å²) in [5, 5.41) is 4.51. The molecular weight excluding hydrogens is 322 g/mol. The number of hydrogen-bond donors (Lipinski definition) is 0. The van der Waals surface area contributed by atoms with Crippen molar-refractivity contribution in [2.45, 2.75) is 27.2 Å². The van der Waals surface area contributed by atoms with E-state index in [1.165, 1.54) is 10.2 Å². The summed E-state index contributed by atoms with van der Waals surface area (Å²) in [6.07, 6.45) is 0.646. The fraction of sp³-hybridized carbons (Fsp3) is 0.227. The van der Waals surface area contributed by atoms with Crippen molar-refractivity contribution in [1.82, 2.24) is 9.78 Å². The maximum atomic E-state index is 13.1. The number of aliphatic imine (C=N–C) groups is 1. The summed E-state index contributed by atoms with van der Waals surface area (Å²) in [7, 11) is 0. The Morgan fingerprint density at radius 3 is 2.35 bits per heavy atom. The molecule has 1 atom stereocenters. The molecule has 0 N–H and O–H groups in total. The molecule has 1 aliphatic heterocycles. The van der Waals surface area contributed by atoms with Crippen molar-refractivity contribution in [2.75, 3.05) is 0 Å². The maximum absolute atomic E-state index is 13.1. The highest BCUT2D eigenvalue weighted by Crippen LogP contribution is 2.37. The average Bonchev–Trinajstić information content (AvgIpc) is 2.97. The van der Waals surface area contributed by atoms with Crippen LogP contribution in [0.25, 0.3) is 11.1 Å². The van der Waals surface area contributed by atoms with E-state index in [-0.39, 0.29) is 11.8 Å². The molecule has 1 unspecified atom stereocenters. The van der Waals surface area contributed by atoms with E-state index in [0.717, 1.165) is 28.1 Å². The molecule has 0 fully saturated rings. The molecule has 0 saturated heterocycles. The molecule has 0 spiro atoms. The number of benzene rings is 2. The zero-order valence-electron chi connectivity index (χ0n) is 15.2. The van der Waals surface area contributed by atoms with Gasteiger partial charge in [0.05, 0.1) is 11.6 Å². The Balaban J connectivity index is 1.74. The van der Waals surface area contributed by atoms with Crippen molar-refractivity contribution in [3.8, 4) is 11.1 Å². The van der Waals surface area contributed by atoms with Crippen LogP contribution in [0.1, 0.15) is 28.5 Å². The Bertz CT molecular complexity index is 998. The van der Waals surface area contributed by atoms with Crippen molar-refractivity contribution in [1.29, 1.82) is 0 Å². The van der Waals surface area contributed by atoms with Crippen LogP contribution in [-0.4, -0.2) is 21.4 Å². The van der Waals surface area contributed by atoms with Gasteiger partial charge in [-0.05, 0) is 38.3 Å². The lowest BCUT2D eigenvalue weighted by atomic mass is 9.93. The number of aromatic nitrogens is 2. The summed E-state index contributed by atoms with van der Waals surface area (Å²) < 4.78 is 1.49. The summed E-state index contributed by atoms with van der Waals surface area (Å²) in [5.74, 6) is 0.378. The smallest absolute Gasteiger partial charge is 0.257 e. The topological polar surface area (TPSA) is 47.2 Å². The van der Waals surface area contributed by atoms with Crippen LogP contribution in [0.5, 0.6) is 0 Å². The molecule has 0 amide bonds. The Labute approximate surface area is 153 Å². The molecule has 2 heterocycles. The highest BCUT2D eigenvalue weighted by molar-refractivity contribution is 6.09. The Morgan fingerprint density at radius 2 is 1.65 bits per heavy atom. The van der Waals surface area contributed by atoms with Crippen LogP contribution in [0.15, 0.2) is 59.6 Å². The summed E-state index contributed by atoms with van der Waals surface area (Å²) in [6.45, 7) is 5.93. The van der Waals surface area contributed by atoms with E-state index in [4.69, 9.17) is 4.99 Å². The molecule has 2 aromatic carbocycles. The second-order valence-electron chi connectivity index (χ2n) is 6.90. The molecule has 0 aliphatic carbocycles. The van der Waals surface area contributed by atoms with E-state index in [1.54, 1.807) is 0 Å². The van der Waals surface area contributed by atoms with E-state index in [1.807, 2.05) is 44.2 Å². The van der Waals surface area contributed by atoms with Gasteiger partial charge in [-0.3, -0.25) is 4.79 Å². The molecule has 4 rings (SSSR count). The van der Waals surface area contributed by atoms with Crippen molar-refractivity contribution >= 4 is 17.4 Å². The van der Waals surface area contributed by atoms with Gasteiger partial charge < -0.3 is 0 Å². The molecule has 4 nitrogen and oxygen atoms in total. The molecule has 1 aromatic heterocycles. The number of carbonyl (C=O) groups is 1. The second-order valence-corrected chi connectivity index (χ2v) is 6.90. The van der Waals surface area contributed by atoms with Gasteiger partial charge in [-0.1, -0.05) is 60.2 Å². The monoisotopic (exact) mass is 343 g/mol. The zero-order valence-corrected chi connectivity index (χ0v) is 15.2. The average molecular weight is 343 g/mol. The quantitative estimate of drug-likeness (QED) is 0.687. The summed E-state index contributed by atoms with van der Waals surface area (Å²) in [4.78, 5) is 17.9. The third-order valence-electron chi connectivity index (χ3n) is 4.95. The molecule has 4 heteroatoms. The van der Waals surface area contributed by atoms with Crippen LogP contribution in [0.2, 0.25) is 0 Å². The number of fused-ring (bicyclic) bond motifs is 1. The molecule has 0 radical (unpaired) electrons. The lowest BCUT2D eigenvalue weighted by Crippen LogP contribution is -2.33. The van der Waals surface area contributed by atoms with Gasteiger partial charge >= 0.3 is 0 Å². The van der Waals surface area contributed by atoms with Gasteiger partial charge in [-0.25, -0.2) is 4.99 Å². The van der Waals surface area contributed by atoms with Crippen LogP contribution in [0.4, 0.5) is 5.82 Å². The molecular formula is C22H21N3O. The SMILES string of the molecule is CC1=Nc2c(-c3ccccc3)c(C)nn2C(=O)C1Cc1ccc(C)cc1. The van der Waals surface area contributed by atoms with Crippen LogP contribution in [0, 0.1) is 19.8 Å². The first-order chi connectivity index (χ1) is 12.5. The van der Waals surface area contributed by atoms with E-state index < -0.39 is 0 Å². The minimum Gasteiger partial charge on any atom is -0.272 e. The fourth-order valence-corrected chi connectivity index (χ4v) is 3.48. The molecule has 3 aromatic rings. The lowest BCUT2D eigenvalue weighted by Gasteiger charge is -2.21. The number of carbonyl (C=O) groups excluding carboxylic acids is 1. The van der Waals surface area contributed by atoms with Gasteiger partial charge in [-0.15, -0.1) is 0 Å². The molecule has 0 saturated carbocycles. The third kappa shape index (κ3) is 2.77. The Hall–Kier alpha value is -3.01. The summed E-state index contributed by atoms with van der Waals surface area (Å²) in [6, 6.07) is 18.3. The normalized spacial score (nSPS) is 16.3. The van der Waals surface area contributed by atoms with Crippen molar-refractivity contribution in [3.63, 3.8) is 0 Å². The van der Waals surface area contributed by atoms with Gasteiger partial charge in [0.1, 0.15) is 0 Å². The predicted molar refractivity (Wildman–Crippen MR) is 104 cm³/mol. The summed E-state index contributed by atoms with van der Waals surface area (Å²) in [5.41, 5.74) is 6.00. The first-order valence-electron chi connectivity index (χ1n) is 8.84. The zero-order chi connectivity index (χ0) is 18.3. The molecule has 130 valence electrons. The van der Waals surface area contributed by atoms with Crippen LogP contribution < -0.4 is 0 Å². The van der Waals surface area contributed by atoms with Crippen LogP contribution >= 0.6 is 0 Å². The molecule has 1 aliphatic rings. The highest BCUT2D eigenvalue weighted by Gasteiger charge is 2.32. The minimum absolute atomic E-state index is 0.00152. The standard InChI is InChI=1S/C22H21N3O/c1-14-9-11-17(12-10-14)13-19-15(2)23-21-20(18-7-5-4-6-8-18)16(3)24-25(21)22(19)26/h4-12,19H,13H2,1-3H3. The second kappa shape index (κ2) is 6.37. The Morgan fingerprint density at radius 1 is 0.962 bits per heavy atom. The first-order valence-corrected chi connectivity index (χ1v) is 8.84. The summed E-state index contributed by atoms with van der Waals surface area (Å²) >= 11 is 0. The highest BCUT2D eigenvalue weighted by atomic mass is 16.2. The first kappa shape index (κ1) is 16.5. The number of rotatable bonds is 3. The number of nitrogens with zero attached hydrogens (tertiary/aromatic N) is 3. The molecule has 26 heavy (non-hydrogen) atoms. The van der Waals surface area contributed by atoms with E-state index in [2.05, 4.69) is 36.3 Å². The predicted octanol–water partition coefficient (Wildman–Crippen LogP) is 4.77. The van der Waals surface area contributed by atoms with Gasteiger partial charge in [0, 0.05) is 11.3 Å². The van der Waals surface area contributed by atoms with Gasteiger partial charge in [0.25, 0.3) is 5.91 Å². The largest absolute Gasteiger partial charge is 0.272 e. The van der Waals surface area contributed by atoms with Gasteiger partial charge in [0.2, 0.25) is 0 Å². The van der Waals surface area contributed by atoms with E-state index in [0.29, 0.717) is 12.2 Å². The fourth-order valence-electron chi connectivity index (χ4n) is 3.48. The Kier molecular flexibility index (Phi) is 4.03. The van der Waals surface area contributed by atoms with Gasteiger partial charge in [0.15, 0.2) is 5.82 Å². The van der Waals surface area contributed by atoms with Crippen LogP contribution in [-0.2, 0) is 6.42 Å². The number of aryl methyl sites for hydroxylation is 2. The third-order valence-corrected chi connectivity index (χ3v) is 4.95. The number of hydrogen-bond acceptors (Lipinski definition) is 3. The molecule has 0 bridgehead atoms. The van der Waals surface area contributed by atoms with Crippen molar-refractivity contribution < 1.29 is 4.79 Å². The van der Waals surface area contributed by atoms with Crippen molar-refractivity contribution in [3.05, 3.63) is 71.4 Å². The minimum atomic E-state index is -0.270.